The SMILES string of the molecule is C[C@H](C(=O)c1ccccc1)[C@H]1CCCC(=O)C1. The standard InChI is InChI=1S/C15H18O2/c1-11(13-8-5-9-14(16)10-13)15(17)12-6-3-2-4-7-12/h2-4,6-7,11,13H,5,8-10H2,1H3/t11-,13-/m0/s1. The van der Waals surface area contributed by atoms with E-state index in [-0.39, 0.29) is 17.6 Å². The van der Waals surface area contributed by atoms with Crippen LogP contribution in [0.3, 0.4) is 0 Å². The molecule has 0 saturated heterocycles. The van der Waals surface area contributed by atoms with Gasteiger partial charge >= 0.3 is 0 Å². The first-order valence-corrected chi connectivity index (χ1v) is 6.29. The molecule has 0 unspecified atom stereocenters. The highest BCUT2D eigenvalue weighted by molar-refractivity contribution is 5.98. The summed E-state index contributed by atoms with van der Waals surface area (Å²) in [7, 11) is 0. The van der Waals surface area contributed by atoms with E-state index in [0.717, 1.165) is 18.4 Å². The first kappa shape index (κ1) is 12.0. The molecule has 0 bridgehead atoms. The highest BCUT2D eigenvalue weighted by Crippen LogP contribution is 2.30. The van der Waals surface area contributed by atoms with Crippen molar-refractivity contribution >= 4 is 11.6 Å². The molecule has 1 aliphatic carbocycles. The fraction of sp³-hybridized carbons (Fsp3) is 0.467. The van der Waals surface area contributed by atoms with Gasteiger partial charge in [-0.05, 0) is 18.8 Å². The highest BCUT2D eigenvalue weighted by atomic mass is 16.1. The van der Waals surface area contributed by atoms with E-state index < -0.39 is 0 Å². The third-order valence-electron chi connectivity index (χ3n) is 3.70. The Morgan fingerprint density at radius 3 is 2.65 bits per heavy atom. The molecule has 1 fully saturated rings. The van der Waals surface area contributed by atoms with E-state index in [1.165, 1.54) is 0 Å². The Morgan fingerprint density at radius 2 is 2.00 bits per heavy atom. The van der Waals surface area contributed by atoms with E-state index in [1.54, 1.807) is 0 Å². The molecule has 0 spiro atoms. The van der Waals surface area contributed by atoms with E-state index in [9.17, 15) is 9.59 Å². The van der Waals surface area contributed by atoms with Crippen molar-refractivity contribution in [3.05, 3.63) is 35.9 Å². The average Bonchev–Trinajstić information content (AvgIpc) is 2.38. The maximum Gasteiger partial charge on any atom is 0.165 e. The molecule has 1 aromatic rings. The zero-order valence-electron chi connectivity index (χ0n) is 10.2. The third-order valence-corrected chi connectivity index (χ3v) is 3.70. The summed E-state index contributed by atoms with van der Waals surface area (Å²) in [5, 5.41) is 0. The number of hydrogen-bond acceptors (Lipinski definition) is 2. The van der Waals surface area contributed by atoms with Crippen LogP contribution in [0.1, 0.15) is 43.0 Å². The second kappa shape index (κ2) is 5.26. The molecular weight excluding hydrogens is 212 g/mol. The number of rotatable bonds is 3. The maximum absolute atomic E-state index is 12.2. The fourth-order valence-electron chi connectivity index (χ4n) is 2.56. The Balaban J connectivity index is 2.07. The average molecular weight is 230 g/mol. The largest absolute Gasteiger partial charge is 0.300 e. The predicted octanol–water partition coefficient (Wildman–Crippen LogP) is 3.26. The van der Waals surface area contributed by atoms with Gasteiger partial charge in [0.05, 0.1) is 0 Å². The summed E-state index contributed by atoms with van der Waals surface area (Å²) in [5.74, 6) is 0.685. The Morgan fingerprint density at radius 1 is 1.29 bits per heavy atom. The van der Waals surface area contributed by atoms with E-state index in [4.69, 9.17) is 0 Å². The zero-order chi connectivity index (χ0) is 12.3. The quantitative estimate of drug-likeness (QED) is 0.747. The lowest BCUT2D eigenvalue weighted by molar-refractivity contribution is -0.121. The van der Waals surface area contributed by atoms with Crippen LogP contribution in [0.2, 0.25) is 0 Å². The summed E-state index contributed by atoms with van der Waals surface area (Å²) < 4.78 is 0. The molecule has 0 aliphatic heterocycles. The Hall–Kier alpha value is -1.44. The first-order chi connectivity index (χ1) is 8.18. The summed E-state index contributed by atoms with van der Waals surface area (Å²) in [6, 6.07) is 9.37. The van der Waals surface area contributed by atoms with Crippen molar-refractivity contribution in [3.8, 4) is 0 Å². The Kier molecular flexibility index (Phi) is 3.72. The molecule has 1 aromatic carbocycles. The Bertz CT molecular complexity index is 408. The summed E-state index contributed by atoms with van der Waals surface area (Å²) in [5.41, 5.74) is 0.762. The number of benzene rings is 1. The van der Waals surface area contributed by atoms with Gasteiger partial charge in [0.15, 0.2) is 5.78 Å². The van der Waals surface area contributed by atoms with Gasteiger partial charge in [-0.25, -0.2) is 0 Å². The van der Waals surface area contributed by atoms with E-state index in [1.807, 2.05) is 37.3 Å². The summed E-state index contributed by atoms with van der Waals surface area (Å²) >= 11 is 0. The van der Waals surface area contributed by atoms with Gasteiger partial charge in [0.1, 0.15) is 5.78 Å². The van der Waals surface area contributed by atoms with Crippen LogP contribution < -0.4 is 0 Å². The van der Waals surface area contributed by atoms with Gasteiger partial charge in [-0.15, -0.1) is 0 Å². The summed E-state index contributed by atoms with van der Waals surface area (Å²) in [4.78, 5) is 23.7. The normalized spacial score (nSPS) is 22.2. The maximum atomic E-state index is 12.2. The predicted molar refractivity (Wildman–Crippen MR) is 66.9 cm³/mol. The minimum atomic E-state index is -0.0401. The topological polar surface area (TPSA) is 34.1 Å². The number of ketones is 2. The number of hydrogen-bond donors (Lipinski definition) is 0. The van der Waals surface area contributed by atoms with Gasteiger partial charge in [-0.3, -0.25) is 9.59 Å². The van der Waals surface area contributed by atoms with Crippen molar-refractivity contribution in [2.75, 3.05) is 0 Å². The van der Waals surface area contributed by atoms with Crippen molar-refractivity contribution in [3.63, 3.8) is 0 Å². The molecule has 90 valence electrons. The van der Waals surface area contributed by atoms with E-state index >= 15 is 0 Å². The summed E-state index contributed by atoms with van der Waals surface area (Å²) in [6.45, 7) is 1.96. The van der Waals surface area contributed by atoms with Crippen LogP contribution in [0.5, 0.6) is 0 Å². The van der Waals surface area contributed by atoms with Crippen molar-refractivity contribution in [2.24, 2.45) is 11.8 Å². The number of carbonyl (C=O) groups excluding carboxylic acids is 2. The van der Waals surface area contributed by atoms with Gasteiger partial charge in [0.2, 0.25) is 0 Å². The van der Waals surface area contributed by atoms with Crippen molar-refractivity contribution < 1.29 is 9.59 Å². The van der Waals surface area contributed by atoms with Gasteiger partial charge in [-0.2, -0.15) is 0 Å². The lowest BCUT2D eigenvalue weighted by Crippen LogP contribution is -2.26. The van der Waals surface area contributed by atoms with Crippen LogP contribution in [0, 0.1) is 11.8 Å². The van der Waals surface area contributed by atoms with E-state index in [2.05, 4.69) is 0 Å². The van der Waals surface area contributed by atoms with Gasteiger partial charge in [-0.1, -0.05) is 37.3 Å². The second-order valence-electron chi connectivity index (χ2n) is 4.91. The van der Waals surface area contributed by atoms with Crippen molar-refractivity contribution in [2.45, 2.75) is 32.6 Å². The van der Waals surface area contributed by atoms with Crippen LogP contribution in [0.25, 0.3) is 0 Å². The lowest BCUT2D eigenvalue weighted by atomic mass is 9.77. The van der Waals surface area contributed by atoms with Gasteiger partial charge in [0.25, 0.3) is 0 Å². The molecule has 1 saturated carbocycles. The zero-order valence-corrected chi connectivity index (χ0v) is 10.2. The number of Topliss-reactive ketones (excluding diaryl/α,β-unsaturated/α-hetero) is 2. The molecular formula is C15H18O2. The smallest absolute Gasteiger partial charge is 0.165 e. The molecule has 2 heteroatoms. The molecule has 17 heavy (non-hydrogen) atoms. The van der Waals surface area contributed by atoms with Crippen molar-refractivity contribution in [1.82, 2.24) is 0 Å². The van der Waals surface area contributed by atoms with Crippen molar-refractivity contribution in [1.29, 1.82) is 0 Å². The molecule has 0 radical (unpaired) electrons. The first-order valence-electron chi connectivity index (χ1n) is 6.29. The third kappa shape index (κ3) is 2.82. The van der Waals surface area contributed by atoms with Crippen LogP contribution in [0.4, 0.5) is 0 Å². The van der Waals surface area contributed by atoms with Crippen LogP contribution in [-0.2, 0) is 4.79 Å². The van der Waals surface area contributed by atoms with Gasteiger partial charge < -0.3 is 0 Å². The molecule has 0 N–H and O–H groups in total. The second-order valence-corrected chi connectivity index (χ2v) is 4.91. The Labute approximate surface area is 102 Å². The van der Waals surface area contributed by atoms with Crippen LogP contribution >= 0.6 is 0 Å². The molecule has 2 nitrogen and oxygen atoms in total. The minimum absolute atomic E-state index is 0.0401. The van der Waals surface area contributed by atoms with E-state index in [0.29, 0.717) is 18.6 Å². The molecule has 0 heterocycles. The molecule has 2 rings (SSSR count). The molecule has 2 atom stereocenters. The van der Waals surface area contributed by atoms with Crippen LogP contribution in [0.15, 0.2) is 30.3 Å². The minimum Gasteiger partial charge on any atom is -0.300 e. The van der Waals surface area contributed by atoms with Crippen LogP contribution in [-0.4, -0.2) is 11.6 Å². The summed E-state index contributed by atoms with van der Waals surface area (Å²) in [6.07, 6.45) is 3.23. The molecule has 0 aromatic heterocycles. The fourth-order valence-corrected chi connectivity index (χ4v) is 2.56. The number of carbonyl (C=O) groups is 2. The monoisotopic (exact) mass is 230 g/mol. The van der Waals surface area contributed by atoms with Gasteiger partial charge in [0, 0.05) is 24.3 Å². The molecule has 0 amide bonds. The highest BCUT2D eigenvalue weighted by Gasteiger charge is 2.29. The lowest BCUT2D eigenvalue weighted by Gasteiger charge is -2.25. The molecule has 1 aliphatic rings.